The Morgan fingerprint density at radius 3 is 2.40 bits per heavy atom. The van der Waals surface area contributed by atoms with Gasteiger partial charge < -0.3 is 9.84 Å². The number of rotatable bonds is 4. The highest BCUT2D eigenvalue weighted by atomic mass is 16.5. The molecule has 0 rings (SSSR count). The average molecular weight is 146 g/mol. The van der Waals surface area contributed by atoms with Gasteiger partial charge in [-0.1, -0.05) is 0 Å². The first-order chi connectivity index (χ1) is 4.59. The lowest BCUT2D eigenvalue weighted by atomic mass is 10.2. The van der Waals surface area contributed by atoms with Crippen molar-refractivity contribution in [3.63, 3.8) is 0 Å². The highest BCUT2D eigenvalue weighted by Crippen LogP contribution is 1.91. The Kier molecular flexibility index (Phi) is 3.64. The first-order valence-electron chi connectivity index (χ1n) is 2.98. The highest BCUT2D eigenvalue weighted by molar-refractivity contribution is 6.34. The predicted octanol–water partition coefficient (Wildman–Crippen LogP) is 0.0651. The van der Waals surface area contributed by atoms with Gasteiger partial charge in [0.1, 0.15) is 6.10 Å². The van der Waals surface area contributed by atoms with Crippen molar-refractivity contribution in [2.24, 2.45) is 0 Å². The molecule has 0 fully saturated rings. The Morgan fingerprint density at radius 1 is 1.60 bits per heavy atom. The fourth-order valence-electron chi connectivity index (χ4n) is 0.500. The third kappa shape index (κ3) is 2.59. The maximum atomic E-state index is 10.5. The second-order valence-corrected chi connectivity index (χ2v) is 1.77. The van der Waals surface area contributed by atoms with E-state index >= 15 is 0 Å². The van der Waals surface area contributed by atoms with Crippen LogP contribution >= 0.6 is 0 Å². The monoisotopic (exact) mass is 146 g/mol. The van der Waals surface area contributed by atoms with Crippen LogP contribution in [0.25, 0.3) is 0 Å². The van der Waals surface area contributed by atoms with E-state index in [-0.39, 0.29) is 0 Å². The number of hydrogen-bond donors (Lipinski definition) is 1. The number of Topliss-reactive ketones (excluding diaryl/α,β-unsaturated/α-hetero) is 1. The summed E-state index contributed by atoms with van der Waals surface area (Å²) >= 11 is 0. The Labute approximate surface area is 58.8 Å². The number of carboxylic acids is 1. The van der Waals surface area contributed by atoms with E-state index < -0.39 is 17.9 Å². The summed E-state index contributed by atoms with van der Waals surface area (Å²) in [6, 6.07) is 0. The summed E-state index contributed by atoms with van der Waals surface area (Å²) in [5.74, 6) is -2.34. The van der Waals surface area contributed by atoms with Crippen LogP contribution in [0.1, 0.15) is 13.8 Å². The lowest BCUT2D eigenvalue weighted by Crippen LogP contribution is -2.27. The molecule has 0 amide bonds. The smallest absolute Gasteiger partial charge is 0.374 e. The maximum absolute atomic E-state index is 10.5. The zero-order valence-corrected chi connectivity index (χ0v) is 5.96. The van der Waals surface area contributed by atoms with Crippen molar-refractivity contribution >= 4 is 11.8 Å². The van der Waals surface area contributed by atoms with Gasteiger partial charge in [-0.05, 0) is 13.8 Å². The van der Waals surface area contributed by atoms with Crippen molar-refractivity contribution in [3.05, 3.63) is 0 Å². The molecule has 1 atom stereocenters. The fraction of sp³-hybridized carbons (Fsp3) is 0.667. The minimum atomic E-state index is -1.44. The maximum Gasteiger partial charge on any atom is 0.374 e. The largest absolute Gasteiger partial charge is 0.475 e. The molecule has 1 unspecified atom stereocenters. The second-order valence-electron chi connectivity index (χ2n) is 1.77. The van der Waals surface area contributed by atoms with Gasteiger partial charge in [0.05, 0.1) is 0 Å². The van der Waals surface area contributed by atoms with Crippen LogP contribution in [-0.2, 0) is 14.3 Å². The predicted molar refractivity (Wildman–Crippen MR) is 33.7 cm³/mol. The molecule has 58 valence electrons. The van der Waals surface area contributed by atoms with Gasteiger partial charge >= 0.3 is 5.97 Å². The molecule has 0 aliphatic rings. The van der Waals surface area contributed by atoms with Crippen LogP contribution in [0.4, 0.5) is 0 Å². The third-order valence-electron chi connectivity index (χ3n) is 0.997. The number of hydrogen-bond acceptors (Lipinski definition) is 3. The van der Waals surface area contributed by atoms with Gasteiger partial charge in [0.25, 0.3) is 5.78 Å². The molecule has 0 bridgehead atoms. The fourth-order valence-corrected chi connectivity index (χ4v) is 0.500. The van der Waals surface area contributed by atoms with Crippen LogP contribution in [0.2, 0.25) is 0 Å². The van der Waals surface area contributed by atoms with Crippen molar-refractivity contribution < 1.29 is 19.4 Å². The lowest BCUT2D eigenvalue weighted by Gasteiger charge is -2.05. The molecular formula is C6H10O4. The molecule has 0 saturated heterocycles. The van der Waals surface area contributed by atoms with Gasteiger partial charge in [-0.2, -0.15) is 0 Å². The first kappa shape index (κ1) is 9.10. The zero-order chi connectivity index (χ0) is 8.15. The van der Waals surface area contributed by atoms with E-state index in [1.807, 2.05) is 0 Å². The number of aliphatic carboxylic acids is 1. The summed E-state index contributed by atoms with van der Waals surface area (Å²) in [5.41, 5.74) is 0. The molecule has 0 aliphatic heterocycles. The van der Waals surface area contributed by atoms with Gasteiger partial charge in [-0.25, -0.2) is 4.79 Å². The van der Waals surface area contributed by atoms with Gasteiger partial charge in [0.15, 0.2) is 0 Å². The van der Waals surface area contributed by atoms with Crippen LogP contribution in [0.15, 0.2) is 0 Å². The van der Waals surface area contributed by atoms with Crippen molar-refractivity contribution in [2.45, 2.75) is 20.0 Å². The van der Waals surface area contributed by atoms with Gasteiger partial charge in [0, 0.05) is 6.61 Å². The number of carboxylic acid groups (broad SMARTS) is 1. The first-order valence-corrected chi connectivity index (χ1v) is 2.98. The molecule has 10 heavy (non-hydrogen) atoms. The number of carbonyl (C=O) groups is 2. The Bertz CT molecular complexity index is 141. The van der Waals surface area contributed by atoms with Crippen molar-refractivity contribution in [2.75, 3.05) is 6.61 Å². The summed E-state index contributed by atoms with van der Waals surface area (Å²) in [4.78, 5) is 20.5. The second kappa shape index (κ2) is 4.00. The number of carbonyl (C=O) groups excluding carboxylic acids is 1. The van der Waals surface area contributed by atoms with Crippen molar-refractivity contribution in [3.8, 4) is 0 Å². The van der Waals surface area contributed by atoms with E-state index in [4.69, 9.17) is 9.84 Å². The Morgan fingerprint density at radius 2 is 2.10 bits per heavy atom. The summed E-state index contributed by atoms with van der Waals surface area (Å²) in [6.07, 6.45) is -0.831. The van der Waals surface area contributed by atoms with E-state index in [0.717, 1.165) is 0 Å². The molecule has 0 spiro atoms. The van der Waals surface area contributed by atoms with Crippen LogP contribution < -0.4 is 0 Å². The average Bonchev–Trinajstić information content (AvgIpc) is 1.87. The standard InChI is InChI=1S/C6H10O4/c1-3-10-4(2)5(7)6(8)9/h4H,3H2,1-2H3,(H,8,9). The van der Waals surface area contributed by atoms with Crippen LogP contribution in [0, 0.1) is 0 Å². The molecule has 0 aromatic heterocycles. The quantitative estimate of drug-likeness (QED) is 0.570. The molecule has 0 heterocycles. The minimum Gasteiger partial charge on any atom is -0.475 e. The Hall–Kier alpha value is -0.900. The van der Waals surface area contributed by atoms with E-state index in [1.54, 1.807) is 6.92 Å². The van der Waals surface area contributed by atoms with Gasteiger partial charge in [0.2, 0.25) is 0 Å². The molecule has 0 aliphatic carbocycles. The Balaban J connectivity index is 3.82. The van der Waals surface area contributed by atoms with Crippen LogP contribution in [0.3, 0.4) is 0 Å². The molecule has 4 heteroatoms. The van der Waals surface area contributed by atoms with E-state index in [2.05, 4.69) is 0 Å². The highest BCUT2D eigenvalue weighted by Gasteiger charge is 2.19. The molecule has 0 saturated carbocycles. The van der Waals surface area contributed by atoms with Gasteiger partial charge in [-0.3, -0.25) is 4.79 Å². The SMILES string of the molecule is CCOC(C)C(=O)C(=O)O. The number of ketones is 1. The third-order valence-corrected chi connectivity index (χ3v) is 0.997. The molecule has 1 N–H and O–H groups in total. The number of ether oxygens (including phenoxy) is 1. The lowest BCUT2D eigenvalue weighted by molar-refractivity contribution is -0.154. The van der Waals surface area contributed by atoms with Gasteiger partial charge in [-0.15, -0.1) is 0 Å². The zero-order valence-electron chi connectivity index (χ0n) is 5.96. The minimum absolute atomic E-state index is 0.347. The van der Waals surface area contributed by atoms with Crippen LogP contribution in [-0.4, -0.2) is 29.6 Å². The topological polar surface area (TPSA) is 63.6 Å². The molecule has 4 nitrogen and oxygen atoms in total. The van der Waals surface area contributed by atoms with E-state index in [0.29, 0.717) is 6.61 Å². The van der Waals surface area contributed by atoms with E-state index in [9.17, 15) is 9.59 Å². The summed E-state index contributed by atoms with van der Waals surface area (Å²) < 4.78 is 4.73. The van der Waals surface area contributed by atoms with Crippen LogP contribution in [0.5, 0.6) is 0 Å². The normalized spacial score (nSPS) is 12.6. The summed E-state index contributed by atoms with van der Waals surface area (Å²) in [7, 11) is 0. The van der Waals surface area contributed by atoms with Crippen molar-refractivity contribution in [1.29, 1.82) is 0 Å². The molecule has 0 aromatic rings. The summed E-state index contributed by atoms with van der Waals surface area (Å²) in [5, 5.41) is 8.15. The molecule has 0 aromatic carbocycles. The molecular weight excluding hydrogens is 136 g/mol. The summed E-state index contributed by atoms with van der Waals surface area (Å²) in [6.45, 7) is 3.46. The van der Waals surface area contributed by atoms with Crippen molar-refractivity contribution in [1.82, 2.24) is 0 Å². The molecule has 0 radical (unpaired) electrons. The van der Waals surface area contributed by atoms with E-state index in [1.165, 1.54) is 6.92 Å².